The van der Waals surface area contributed by atoms with E-state index in [1.165, 1.54) is 23.3 Å². The van der Waals surface area contributed by atoms with Gasteiger partial charge in [-0.1, -0.05) is 0 Å². The highest BCUT2D eigenvalue weighted by Crippen LogP contribution is 2.14. The molecule has 11 nitrogen and oxygen atoms in total. The minimum atomic E-state index is -0.740. The Kier molecular flexibility index (Phi) is 10.7. The second-order valence-corrected chi connectivity index (χ2v) is 8.42. The summed E-state index contributed by atoms with van der Waals surface area (Å²) in [5.41, 5.74) is 5.55. The summed E-state index contributed by atoms with van der Waals surface area (Å²) in [4.78, 5) is 59.5. The number of hydrogen-bond acceptors (Lipinski definition) is 9. The van der Waals surface area contributed by atoms with Crippen LogP contribution in [0.3, 0.4) is 0 Å². The van der Waals surface area contributed by atoms with Gasteiger partial charge in [0.2, 0.25) is 17.6 Å². The van der Waals surface area contributed by atoms with Crippen LogP contribution in [-0.4, -0.2) is 97.2 Å². The Morgan fingerprint density at radius 2 is 2.22 bits per heavy atom. The first-order chi connectivity index (χ1) is 15.3. The minimum Gasteiger partial charge on any atom is -0.388 e. The summed E-state index contributed by atoms with van der Waals surface area (Å²) < 4.78 is 0. The topological polar surface area (TPSA) is 139 Å². The summed E-state index contributed by atoms with van der Waals surface area (Å²) in [7, 11) is 3.27. The van der Waals surface area contributed by atoms with Crippen LogP contribution in [0.5, 0.6) is 0 Å². The smallest absolute Gasteiger partial charge is 0.240 e. The number of thiazole rings is 1. The molecule has 1 fully saturated rings. The molecular weight excluding hydrogens is 436 g/mol. The molecule has 0 spiro atoms. The minimum absolute atomic E-state index is 0.115. The Balaban J connectivity index is 1.97. The SMILES string of the molecule is COOCC[C@H]1C(=O)N(CC(=O)N[C@@H](CCCN=C(C)N)C(=O)c2nccs2)CCN1C. The lowest BCUT2D eigenvalue weighted by molar-refractivity contribution is -0.274. The van der Waals surface area contributed by atoms with Crippen molar-refractivity contribution in [2.24, 2.45) is 10.7 Å². The maximum absolute atomic E-state index is 12.9. The van der Waals surface area contributed by atoms with E-state index in [0.717, 1.165) is 0 Å². The van der Waals surface area contributed by atoms with E-state index in [4.69, 9.17) is 10.6 Å². The number of nitrogens with zero attached hydrogens (tertiary/aromatic N) is 4. The number of piperazine rings is 1. The van der Waals surface area contributed by atoms with Gasteiger partial charge >= 0.3 is 0 Å². The molecule has 2 amide bonds. The molecule has 1 aliphatic rings. The van der Waals surface area contributed by atoms with E-state index in [2.05, 4.69) is 20.2 Å². The Morgan fingerprint density at radius 3 is 2.88 bits per heavy atom. The number of Topliss-reactive ketones (excluding diaryl/α,β-unsaturated/α-hetero) is 1. The van der Waals surface area contributed by atoms with Crippen molar-refractivity contribution in [1.82, 2.24) is 20.1 Å². The summed E-state index contributed by atoms with van der Waals surface area (Å²) in [6.07, 6.45) is 2.98. The molecule has 0 aromatic carbocycles. The maximum Gasteiger partial charge on any atom is 0.240 e. The fourth-order valence-corrected chi connectivity index (χ4v) is 4.05. The normalized spacial score (nSPS) is 18.6. The third-order valence-corrected chi connectivity index (χ3v) is 5.87. The van der Waals surface area contributed by atoms with E-state index < -0.39 is 12.1 Å². The second-order valence-electron chi connectivity index (χ2n) is 7.52. The second kappa shape index (κ2) is 13.2. The molecule has 12 heteroatoms. The number of amidine groups is 1. The predicted octanol–water partition coefficient (Wildman–Crippen LogP) is 0.0786. The Bertz CT molecular complexity index is 783. The largest absolute Gasteiger partial charge is 0.388 e. The van der Waals surface area contributed by atoms with Crippen molar-refractivity contribution in [2.45, 2.75) is 38.3 Å². The lowest BCUT2D eigenvalue weighted by atomic mass is 10.1. The van der Waals surface area contributed by atoms with Crippen LogP contribution >= 0.6 is 11.3 Å². The molecule has 2 atom stereocenters. The number of hydrogen-bond donors (Lipinski definition) is 2. The van der Waals surface area contributed by atoms with E-state index in [0.29, 0.717) is 49.7 Å². The first-order valence-corrected chi connectivity index (χ1v) is 11.4. The number of likely N-dealkylation sites (N-methyl/N-ethyl adjacent to an activating group) is 1. The van der Waals surface area contributed by atoms with Crippen LogP contribution in [0.25, 0.3) is 0 Å². The Morgan fingerprint density at radius 1 is 1.44 bits per heavy atom. The van der Waals surface area contributed by atoms with Gasteiger partial charge in [0.25, 0.3) is 0 Å². The highest BCUT2D eigenvalue weighted by atomic mass is 32.1. The molecule has 178 valence electrons. The first kappa shape index (κ1) is 25.8. The first-order valence-electron chi connectivity index (χ1n) is 10.5. The maximum atomic E-state index is 12.9. The third kappa shape index (κ3) is 7.93. The lowest BCUT2D eigenvalue weighted by Crippen LogP contribution is -2.58. The summed E-state index contributed by atoms with van der Waals surface area (Å²) in [5.74, 6) is -0.315. The summed E-state index contributed by atoms with van der Waals surface area (Å²) in [6, 6.07) is -1.13. The number of carbonyl (C=O) groups is 3. The molecule has 1 aliphatic heterocycles. The quantitative estimate of drug-likeness (QED) is 0.104. The fourth-order valence-electron chi connectivity index (χ4n) is 3.41. The number of carbonyl (C=O) groups excluding carboxylic acids is 3. The molecular formula is C20H32N6O5S. The number of nitrogens with two attached hydrogens (primary N) is 1. The zero-order chi connectivity index (χ0) is 23.5. The summed E-state index contributed by atoms with van der Waals surface area (Å²) in [5, 5.41) is 4.83. The number of nitrogens with one attached hydrogen (secondary N) is 1. The summed E-state index contributed by atoms with van der Waals surface area (Å²) in [6.45, 7) is 3.38. The molecule has 3 N–H and O–H groups in total. The van der Waals surface area contributed by atoms with Gasteiger partial charge in [-0.15, -0.1) is 11.3 Å². The summed E-state index contributed by atoms with van der Waals surface area (Å²) >= 11 is 1.22. The van der Waals surface area contributed by atoms with Crippen LogP contribution in [0.15, 0.2) is 16.6 Å². The third-order valence-electron chi connectivity index (χ3n) is 5.09. The number of aliphatic imine (C=N–C) groups is 1. The molecule has 0 radical (unpaired) electrons. The molecule has 1 saturated heterocycles. The van der Waals surface area contributed by atoms with Crippen molar-refractivity contribution in [1.29, 1.82) is 0 Å². The van der Waals surface area contributed by atoms with Crippen LogP contribution in [0, 0.1) is 0 Å². The van der Waals surface area contributed by atoms with E-state index in [-0.39, 0.29) is 30.7 Å². The van der Waals surface area contributed by atoms with Gasteiger partial charge in [-0.2, -0.15) is 0 Å². The highest BCUT2D eigenvalue weighted by Gasteiger charge is 2.34. The molecule has 0 unspecified atom stereocenters. The van der Waals surface area contributed by atoms with Gasteiger partial charge < -0.3 is 16.0 Å². The molecule has 1 aromatic rings. The van der Waals surface area contributed by atoms with Crippen molar-refractivity contribution in [2.75, 3.05) is 46.9 Å². The zero-order valence-corrected chi connectivity index (χ0v) is 19.6. The van der Waals surface area contributed by atoms with Gasteiger partial charge in [0.15, 0.2) is 5.01 Å². The number of rotatable bonds is 13. The Labute approximate surface area is 191 Å². The van der Waals surface area contributed by atoms with Gasteiger partial charge in [-0.3, -0.25) is 24.3 Å². The van der Waals surface area contributed by atoms with Crippen molar-refractivity contribution in [3.05, 3.63) is 16.6 Å². The average molecular weight is 469 g/mol. The number of amides is 2. The van der Waals surface area contributed by atoms with Crippen molar-refractivity contribution in [3.63, 3.8) is 0 Å². The zero-order valence-electron chi connectivity index (χ0n) is 18.8. The fraction of sp³-hybridized carbons (Fsp3) is 0.650. The van der Waals surface area contributed by atoms with Crippen LogP contribution in [-0.2, 0) is 19.4 Å². The van der Waals surface area contributed by atoms with Crippen LogP contribution in [0.1, 0.15) is 36.0 Å². The van der Waals surface area contributed by atoms with E-state index in [1.807, 2.05) is 11.9 Å². The van der Waals surface area contributed by atoms with Crippen LogP contribution < -0.4 is 11.1 Å². The van der Waals surface area contributed by atoms with Crippen molar-refractivity contribution >= 4 is 34.8 Å². The molecule has 32 heavy (non-hydrogen) atoms. The number of aromatic nitrogens is 1. The lowest BCUT2D eigenvalue weighted by Gasteiger charge is -2.38. The molecule has 2 rings (SSSR count). The van der Waals surface area contributed by atoms with Gasteiger partial charge in [-0.05, 0) is 33.2 Å². The molecule has 0 bridgehead atoms. The number of ketones is 1. The van der Waals surface area contributed by atoms with Crippen molar-refractivity contribution in [3.8, 4) is 0 Å². The molecule has 0 saturated carbocycles. The Hall–Kier alpha value is -2.41. The average Bonchev–Trinajstić information content (AvgIpc) is 3.29. The molecule has 2 heterocycles. The monoisotopic (exact) mass is 468 g/mol. The standard InChI is InChI=1S/C20H32N6O5S/c1-14(21)22-7-4-5-15(18(28)19-23-8-12-32-19)24-17(27)13-26-10-9-25(2)16(20(26)29)6-11-31-30-3/h8,12,15-16H,4-7,9-11,13H2,1-3H3,(H2,21,22)(H,24,27)/t15-,16-/m0/s1. The highest BCUT2D eigenvalue weighted by molar-refractivity contribution is 7.11. The van der Waals surface area contributed by atoms with E-state index >= 15 is 0 Å². The van der Waals surface area contributed by atoms with Gasteiger partial charge in [0.1, 0.15) is 0 Å². The van der Waals surface area contributed by atoms with Gasteiger partial charge in [-0.25, -0.2) is 14.8 Å². The van der Waals surface area contributed by atoms with Crippen LogP contribution in [0.2, 0.25) is 0 Å². The van der Waals surface area contributed by atoms with E-state index in [1.54, 1.807) is 18.5 Å². The predicted molar refractivity (Wildman–Crippen MR) is 120 cm³/mol. The molecule has 0 aliphatic carbocycles. The molecule has 1 aromatic heterocycles. The van der Waals surface area contributed by atoms with Crippen molar-refractivity contribution < 1.29 is 24.2 Å². The van der Waals surface area contributed by atoms with E-state index in [9.17, 15) is 14.4 Å². The van der Waals surface area contributed by atoms with Gasteiger partial charge in [0.05, 0.1) is 38.2 Å². The van der Waals surface area contributed by atoms with Gasteiger partial charge in [0, 0.05) is 31.2 Å². The van der Waals surface area contributed by atoms with Crippen LogP contribution in [0.4, 0.5) is 0 Å².